The van der Waals surface area contributed by atoms with Gasteiger partial charge in [0, 0.05) is 17.5 Å². The van der Waals surface area contributed by atoms with Crippen LogP contribution >= 0.6 is 0 Å². The predicted molar refractivity (Wildman–Crippen MR) is 62.6 cm³/mol. The van der Waals surface area contributed by atoms with Gasteiger partial charge in [0.1, 0.15) is 5.75 Å². The first-order valence-corrected chi connectivity index (χ1v) is 5.85. The summed E-state index contributed by atoms with van der Waals surface area (Å²) in [4.78, 5) is 4.37. The third kappa shape index (κ3) is 2.02. The lowest BCUT2D eigenvalue weighted by Gasteiger charge is -2.01. The van der Waals surface area contributed by atoms with E-state index >= 15 is 0 Å². The zero-order chi connectivity index (χ0) is 11.8. The molecule has 0 radical (unpaired) electrons. The van der Waals surface area contributed by atoms with Gasteiger partial charge in [-0.15, -0.1) is 0 Å². The van der Waals surface area contributed by atoms with Gasteiger partial charge in [-0.05, 0) is 37.8 Å². The van der Waals surface area contributed by atoms with Crippen LogP contribution in [0, 0.1) is 12.8 Å². The smallest absolute Gasteiger partial charge is 0.258 e. The Bertz CT molecular complexity index is 544. The summed E-state index contributed by atoms with van der Waals surface area (Å²) >= 11 is 0. The van der Waals surface area contributed by atoms with Gasteiger partial charge in [0.05, 0.1) is 0 Å². The molecule has 3 rings (SSSR count). The van der Waals surface area contributed by atoms with Crippen LogP contribution < -0.4 is 0 Å². The molecule has 4 heteroatoms. The molecule has 1 aromatic heterocycles. The lowest BCUT2D eigenvalue weighted by molar-refractivity contribution is 0.420. The van der Waals surface area contributed by atoms with Gasteiger partial charge in [0.25, 0.3) is 5.89 Å². The molecule has 0 unspecified atom stereocenters. The van der Waals surface area contributed by atoms with E-state index in [9.17, 15) is 5.11 Å². The van der Waals surface area contributed by atoms with Gasteiger partial charge in [-0.3, -0.25) is 0 Å². The zero-order valence-corrected chi connectivity index (χ0v) is 9.68. The molecule has 88 valence electrons. The Hall–Kier alpha value is -1.84. The first kappa shape index (κ1) is 10.3. The maximum absolute atomic E-state index is 9.63. The monoisotopic (exact) mass is 230 g/mol. The lowest BCUT2D eigenvalue weighted by Crippen LogP contribution is -1.90. The average Bonchev–Trinajstić information content (AvgIpc) is 3.00. The summed E-state index contributed by atoms with van der Waals surface area (Å²) in [6, 6.07) is 5.31. The van der Waals surface area contributed by atoms with Crippen molar-refractivity contribution in [2.24, 2.45) is 5.92 Å². The molecule has 1 fully saturated rings. The topological polar surface area (TPSA) is 59.2 Å². The number of rotatable bonds is 3. The molecule has 4 nitrogen and oxygen atoms in total. The van der Waals surface area contributed by atoms with Crippen LogP contribution in [0.4, 0.5) is 0 Å². The molecule has 1 saturated carbocycles. The Morgan fingerprint density at radius 1 is 1.41 bits per heavy atom. The summed E-state index contributed by atoms with van der Waals surface area (Å²) in [5.74, 6) is 2.26. The van der Waals surface area contributed by atoms with Gasteiger partial charge in [-0.25, -0.2) is 0 Å². The normalized spacial score (nSPS) is 15.1. The molecule has 0 bridgehead atoms. The van der Waals surface area contributed by atoms with E-state index in [0.717, 1.165) is 29.3 Å². The van der Waals surface area contributed by atoms with Gasteiger partial charge in [0.2, 0.25) is 0 Å². The van der Waals surface area contributed by atoms with Crippen molar-refractivity contribution in [3.63, 3.8) is 0 Å². The predicted octanol–water partition coefficient (Wildman–Crippen LogP) is 2.70. The van der Waals surface area contributed by atoms with Crippen LogP contribution in [0.15, 0.2) is 22.7 Å². The minimum absolute atomic E-state index is 0.254. The number of phenols is 1. The Morgan fingerprint density at radius 2 is 2.24 bits per heavy atom. The van der Waals surface area contributed by atoms with Crippen LogP contribution in [-0.4, -0.2) is 15.2 Å². The van der Waals surface area contributed by atoms with E-state index in [0.29, 0.717) is 5.89 Å². The highest BCUT2D eigenvalue weighted by Gasteiger charge is 2.24. The summed E-state index contributed by atoms with van der Waals surface area (Å²) in [5.41, 5.74) is 1.58. The fourth-order valence-corrected chi connectivity index (χ4v) is 1.88. The zero-order valence-electron chi connectivity index (χ0n) is 9.68. The first-order chi connectivity index (χ1) is 8.24. The van der Waals surface area contributed by atoms with Gasteiger partial charge >= 0.3 is 0 Å². The third-order valence-electron chi connectivity index (χ3n) is 3.17. The van der Waals surface area contributed by atoms with E-state index in [4.69, 9.17) is 4.52 Å². The fraction of sp³-hybridized carbons (Fsp3) is 0.385. The molecule has 1 aromatic carbocycles. The summed E-state index contributed by atoms with van der Waals surface area (Å²) in [6.45, 7) is 1.84. The van der Waals surface area contributed by atoms with E-state index in [1.54, 1.807) is 12.1 Å². The van der Waals surface area contributed by atoms with Crippen LogP contribution in [0.3, 0.4) is 0 Å². The number of hydrogen-bond acceptors (Lipinski definition) is 4. The lowest BCUT2D eigenvalue weighted by atomic mass is 10.1. The van der Waals surface area contributed by atoms with Crippen LogP contribution in [-0.2, 0) is 6.42 Å². The Kier molecular flexibility index (Phi) is 2.35. The first-order valence-electron chi connectivity index (χ1n) is 5.85. The molecule has 0 saturated heterocycles. The van der Waals surface area contributed by atoms with E-state index in [-0.39, 0.29) is 5.75 Å². The van der Waals surface area contributed by atoms with Crippen molar-refractivity contribution in [2.45, 2.75) is 26.2 Å². The van der Waals surface area contributed by atoms with Crippen molar-refractivity contribution >= 4 is 0 Å². The Labute approximate surface area is 99.3 Å². The van der Waals surface area contributed by atoms with E-state index in [1.807, 2.05) is 13.0 Å². The number of aromatic nitrogens is 2. The summed E-state index contributed by atoms with van der Waals surface area (Å²) in [5, 5.41) is 13.6. The van der Waals surface area contributed by atoms with Gasteiger partial charge in [-0.1, -0.05) is 11.2 Å². The minimum atomic E-state index is 0.254. The molecule has 1 N–H and O–H groups in total. The number of aromatic hydroxyl groups is 1. The van der Waals surface area contributed by atoms with Crippen LogP contribution in [0.25, 0.3) is 11.5 Å². The molecule has 1 aliphatic carbocycles. The second kappa shape index (κ2) is 3.87. The van der Waals surface area contributed by atoms with Crippen molar-refractivity contribution in [2.75, 3.05) is 0 Å². The summed E-state index contributed by atoms with van der Waals surface area (Å²) in [7, 11) is 0. The Morgan fingerprint density at radius 3 is 3.00 bits per heavy atom. The van der Waals surface area contributed by atoms with E-state index < -0.39 is 0 Å². The highest BCUT2D eigenvalue weighted by atomic mass is 16.5. The fourth-order valence-electron chi connectivity index (χ4n) is 1.88. The SMILES string of the molecule is Cc1c(O)cccc1-c1nc(CC2CC2)no1. The van der Waals surface area contributed by atoms with E-state index in [1.165, 1.54) is 12.8 Å². The van der Waals surface area contributed by atoms with Gasteiger partial charge < -0.3 is 9.63 Å². The molecular formula is C13H14N2O2. The van der Waals surface area contributed by atoms with Crippen molar-refractivity contribution in [3.8, 4) is 17.2 Å². The van der Waals surface area contributed by atoms with Crippen molar-refractivity contribution in [1.29, 1.82) is 0 Å². The molecule has 1 aliphatic rings. The molecular weight excluding hydrogens is 216 g/mol. The number of hydrogen-bond donors (Lipinski definition) is 1. The Balaban J connectivity index is 1.91. The maximum Gasteiger partial charge on any atom is 0.258 e. The largest absolute Gasteiger partial charge is 0.508 e. The number of nitrogens with zero attached hydrogens (tertiary/aromatic N) is 2. The van der Waals surface area contributed by atoms with Gasteiger partial charge in [0.15, 0.2) is 5.82 Å². The summed E-state index contributed by atoms with van der Waals surface area (Å²) < 4.78 is 5.24. The molecule has 0 atom stereocenters. The molecule has 17 heavy (non-hydrogen) atoms. The molecule has 0 aliphatic heterocycles. The summed E-state index contributed by atoms with van der Waals surface area (Å²) in [6.07, 6.45) is 3.45. The highest BCUT2D eigenvalue weighted by Crippen LogP contribution is 2.33. The van der Waals surface area contributed by atoms with Crippen LogP contribution in [0.2, 0.25) is 0 Å². The van der Waals surface area contributed by atoms with Crippen LogP contribution in [0.1, 0.15) is 24.2 Å². The van der Waals surface area contributed by atoms with Crippen molar-refractivity contribution in [3.05, 3.63) is 29.6 Å². The molecule has 2 aromatic rings. The van der Waals surface area contributed by atoms with E-state index in [2.05, 4.69) is 10.1 Å². The second-order valence-corrected chi connectivity index (χ2v) is 4.61. The highest BCUT2D eigenvalue weighted by molar-refractivity contribution is 5.61. The van der Waals surface area contributed by atoms with Crippen LogP contribution in [0.5, 0.6) is 5.75 Å². The molecule has 0 spiro atoms. The average molecular weight is 230 g/mol. The van der Waals surface area contributed by atoms with Crippen molar-refractivity contribution < 1.29 is 9.63 Å². The maximum atomic E-state index is 9.63. The molecule has 0 amide bonds. The third-order valence-corrected chi connectivity index (χ3v) is 3.17. The second-order valence-electron chi connectivity index (χ2n) is 4.61. The number of benzene rings is 1. The quantitative estimate of drug-likeness (QED) is 0.880. The number of phenolic OH excluding ortho intramolecular Hbond substituents is 1. The van der Waals surface area contributed by atoms with Gasteiger partial charge in [-0.2, -0.15) is 4.98 Å². The minimum Gasteiger partial charge on any atom is -0.508 e. The molecule has 1 heterocycles. The van der Waals surface area contributed by atoms with Crippen molar-refractivity contribution in [1.82, 2.24) is 10.1 Å². The standard InChI is InChI=1S/C13H14N2O2/c1-8-10(3-2-4-11(8)16)13-14-12(15-17-13)7-9-5-6-9/h2-4,9,16H,5-7H2,1H3.